The van der Waals surface area contributed by atoms with Gasteiger partial charge in [0.05, 0.1) is 9.79 Å². The first-order valence-corrected chi connectivity index (χ1v) is 13.1. The second-order valence-corrected chi connectivity index (χ2v) is 10.9. The second-order valence-electron chi connectivity index (χ2n) is 8.52. The first-order valence-electron chi connectivity index (χ1n) is 11.3. The van der Waals surface area contributed by atoms with Gasteiger partial charge in [-0.15, -0.1) is 0 Å². The summed E-state index contributed by atoms with van der Waals surface area (Å²) in [4.78, 5) is 5.00. The summed E-state index contributed by atoms with van der Waals surface area (Å²) in [5.41, 5.74) is 2.16. The summed E-state index contributed by atoms with van der Waals surface area (Å²) >= 11 is 5.97. The van der Waals surface area contributed by atoms with Crippen molar-refractivity contribution in [2.75, 3.05) is 44.2 Å². The number of aliphatic hydroxyl groups excluding tert-OH is 1. The maximum absolute atomic E-state index is 12.8. The van der Waals surface area contributed by atoms with E-state index in [1.165, 1.54) is 12.1 Å². The summed E-state index contributed by atoms with van der Waals surface area (Å²) in [5.74, 6) is 0.523. The second kappa shape index (κ2) is 10.8. The molecule has 6 nitrogen and oxygen atoms in total. The number of benzene rings is 3. The molecule has 1 aliphatic heterocycles. The first kappa shape index (κ1) is 24.5. The van der Waals surface area contributed by atoms with Crippen LogP contribution in [0.15, 0.2) is 82.6 Å². The van der Waals surface area contributed by atoms with E-state index in [9.17, 15) is 13.5 Å². The molecule has 0 radical (unpaired) electrons. The van der Waals surface area contributed by atoms with Gasteiger partial charge in [0.1, 0.15) is 18.5 Å². The molecule has 0 amide bonds. The minimum atomic E-state index is -3.57. The van der Waals surface area contributed by atoms with Gasteiger partial charge in [-0.05, 0) is 67.6 Å². The van der Waals surface area contributed by atoms with Gasteiger partial charge in [-0.25, -0.2) is 8.42 Å². The van der Waals surface area contributed by atoms with Crippen molar-refractivity contribution in [2.45, 2.75) is 22.8 Å². The monoisotopic (exact) mass is 500 g/mol. The first-order chi connectivity index (χ1) is 16.3. The van der Waals surface area contributed by atoms with Crippen LogP contribution < -0.4 is 9.64 Å². The number of aliphatic hydroxyl groups is 1. The van der Waals surface area contributed by atoms with Crippen LogP contribution in [0.3, 0.4) is 0 Å². The fourth-order valence-electron chi connectivity index (χ4n) is 3.95. The molecule has 1 unspecified atom stereocenters. The zero-order valence-corrected chi connectivity index (χ0v) is 20.7. The van der Waals surface area contributed by atoms with E-state index in [2.05, 4.69) is 9.80 Å². The molecular formula is C26H29ClN2O4S. The van der Waals surface area contributed by atoms with E-state index in [1.807, 2.05) is 31.2 Å². The molecule has 1 heterocycles. The minimum absolute atomic E-state index is 0.140. The summed E-state index contributed by atoms with van der Waals surface area (Å²) in [6.07, 6.45) is -0.641. The SMILES string of the molecule is Cc1ccc(S(=O)(=O)c2ccc(OCC(O)CN3CCN(c4ccc(Cl)cc4)CC3)cc2)cc1. The predicted octanol–water partition coefficient (Wildman–Crippen LogP) is 4.04. The highest BCUT2D eigenvalue weighted by Crippen LogP contribution is 2.24. The van der Waals surface area contributed by atoms with Crippen molar-refractivity contribution in [1.29, 1.82) is 0 Å². The maximum atomic E-state index is 12.8. The number of nitrogens with zero attached hydrogens (tertiary/aromatic N) is 2. The predicted molar refractivity (Wildman–Crippen MR) is 135 cm³/mol. The lowest BCUT2D eigenvalue weighted by Crippen LogP contribution is -2.49. The van der Waals surface area contributed by atoms with E-state index < -0.39 is 15.9 Å². The molecule has 180 valence electrons. The minimum Gasteiger partial charge on any atom is -0.491 e. The Hall–Kier alpha value is -2.58. The van der Waals surface area contributed by atoms with Crippen molar-refractivity contribution in [3.8, 4) is 5.75 Å². The van der Waals surface area contributed by atoms with E-state index in [-0.39, 0.29) is 16.4 Å². The summed E-state index contributed by atoms with van der Waals surface area (Å²) < 4.78 is 31.3. The molecule has 8 heteroatoms. The fraction of sp³-hybridized carbons (Fsp3) is 0.308. The summed E-state index contributed by atoms with van der Waals surface area (Å²) in [7, 11) is -3.57. The van der Waals surface area contributed by atoms with Gasteiger partial charge in [0, 0.05) is 43.4 Å². The van der Waals surface area contributed by atoms with Crippen LogP contribution in [0, 0.1) is 6.92 Å². The van der Waals surface area contributed by atoms with Crippen molar-refractivity contribution in [3.05, 3.63) is 83.4 Å². The third kappa shape index (κ3) is 6.10. The van der Waals surface area contributed by atoms with Gasteiger partial charge in [-0.2, -0.15) is 0 Å². The van der Waals surface area contributed by atoms with Gasteiger partial charge in [0.2, 0.25) is 9.84 Å². The topological polar surface area (TPSA) is 70.1 Å². The highest BCUT2D eigenvalue weighted by Gasteiger charge is 2.20. The molecule has 1 N–H and O–H groups in total. The Balaban J connectivity index is 1.24. The Morgan fingerprint density at radius 3 is 2.03 bits per heavy atom. The van der Waals surface area contributed by atoms with Gasteiger partial charge in [-0.3, -0.25) is 4.90 Å². The Morgan fingerprint density at radius 1 is 0.882 bits per heavy atom. The number of rotatable bonds is 8. The van der Waals surface area contributed by atoms with Crippen molar-refractivity contribution in [3.63, 3.8) is 0 Å². The van der Waals surface area contributed by atoms with Crippen LogP contribution in [0.5, 0.6) is 5.75 Å². The van der Waals surface area contributed by atoms with Gasteiger partial charge < -0.3 is 14.7 Å². The molecule has 0 saturated carbocycles. The average molecular weight is 501 g/mol. The third-order valence-corrected chi connectivity index (χ3v) is 7.98. The van der Waals surface area contributed by atoms with Crippen LogP contribution in [0.2, 0.25) is 5.02 Å². The lowest BCUT2D eigenvalue weighted by molar-refractivity contribution is 0.0663. The largest absolute Gasteiger partial charge is 0.491 e. The summed E-state index contributed by atoms with van der Waals surface area (Å²) in [5, 5.41) is 11.2. The molecular weight excluding hydrogens is 472 g/mol. The summed E-state index contributed by atoms with van der Waals surface area (Å²) in [6, 6.07) is 20.9. The highest BCUT2D eigenvalue weighted by molar-refractivity contribution is 7.91. The highest BCUT2D eigenvalue weighted by atomic mass is 35.5. The molecule has 4 rings (SSSR count). The van der Waals surface area contributed by atoms with Crippen molar-refractivity contribution < 1.29 is 18.3 Å². The van der Waals surface area contributed by atoms with E-state index in [0.29, 0.717) is 12.3 Å². The zero-order valence-electron chi connectivity index (χ0n) is 19.1. The van der Waals surface area contributed by atoms with Crippen LogP contribution in [0.1, 0.15) is 5.56 Å². The smallest absolute Gasteiger partial charge is 0.206 e. The molecule has 0 aromatic heterocycles. The van der Waals surface area contributed by atoms with Crippen LogP contribution in [-0.2, 0) is 9.84 Å². The molecule has 3 aromatic carbocycles. The van der Waals surface area contributed by atoms with Gasteiger partial charge >= 0.3 is 0 Å². The molecule has 1 atom stereocenters. The number of hydrogen-bond donors (Lipinski definition) is 1. The number of halogens is 1. The van der Waals surface area contributed by atoms with Gasteiger partial charge in [-0.1, -0.05) is 29.3 Å². The molecule has 3 aromatic rings. The van der Waals surface area contributed by atoms with Crippen LogP contribution >= 0.6 is 11.6 Å². The maximum Gasteiger partial charge on any atom is 0.206 e. The fourth-order valence-corrected chi connectivity index (χ4v) is 5.34. The standard InChI is InChI=1S/C26H29ClN2O4S/c1-20-2-10-25(11-3-20)34(31,32)26-12-8-24(9-13-26)33-19-23(30)18-28-14-16-29(17-15-28)22-6-4-21(27)5-7-22/h2-13,23,30H,14-19H2,1H3. The van der Waals surface area contributed by atoms with Crippen LogP contribution in [0.25, 0.3) is 0 Å². The normalized spacial score (nSPS) is 15.8. The number of anilines is 1. The zero-order chi connectivity index (χ0) is 24.1. The number of ether oxygens (including phenoxy) is 1. The van der Waals surface area contributed by atoms with E-state index in [1.54, 1.807) is 36.4 Å². The number of β-amino-alcohol motifs (C(OH)–C–C–N with tert-alkyl or cyclic N) is 1. The third-order valence-electron chi connectivity index (χ3n) is 5.94. The molecule has 1 aliphatic rings. The van der Waals surface area contributed by atoms with E-state index >= 15 is 0 Å². The Labute approximate surface area is 206 Å². The Kier molecular flexibility index (Phi) is 7.78. The molecule has 1 fully saturated rings. The van der Waals surface area contributed by atoms with Gasteiger partial charge in [0.15, 0.2) is 0 Å². The van der Waals surface area contributed by atoms with Crippen molar-refractivity contribution >= 4 is 27.1 Å². The Morgan fingerprint density at radius 2 is 1.44 bits per heavy atom. The molecule has 1 saturated heterocycles. The molecule has 0 spiro atoms. The number of sulfone groups is 1. The molecule has 0 aliphatic carbocycles. The lowest BCUT2D eigenvalue weighted by atomic mass is 10.2. The van der Waals surface area contributed by atoms with Gasteiger partial charge in [0.25, 0.3) is 0 Å². The van der Waals surface area contributed by atoms with Crippen molar-refractivity contribution in [1.82, 2.24) is 4.90 Å². The molecule has 34 heavy (non-hydrogen) atoms. The van der Waals surface area contributed by atoms with Crippen LogP contribution in [-0.4, -0.2) is 63.9 Å². The number of piperazine rings is 1. The lowest BCUT2D eigenvalue weighted by Gasteiger charge is -2.36. The number of hydrogen-bond acceptors (Lipinski definition) is 6. The number of aryl methyl sites for hydroxylation is 1. The average Bonchev–Trinajstić information content (AvgIpc) is 2.84. The van der Waals surface area contributed by atoms with E-state index in [0.717, 1.165) is 42.5 Å². The van der Waals surface area contributed by atoms with E-state index in [4.69, 9.17) is 16.3 Å². The summed E-state index contributed by atoms with van der Waals surface area (Å²) in [6.45, 7) is 6.04. The van der Waals surface area contributed by atoms with Crippen LogP contribution in [0.4, 0.5) is 5.69 Å². The Bertz CT molecular complexity index is 1170. The molecule has 0 bridgehead atoms. The van der Waals surface area contributed by atoms with Crippen molar-refractivity contribution in [2.24, 2.45) is 0 Å². The quantitative estimate of drug-likeness (QED) is 0.503.